The van der Waals surface area contributed by atoms with Crippen molar-refractivity contribution in [1.82, 2.24) is 3.97 Å². The largest absolute Gasteiger partial charge is 0.268 e. The van der Waals surface area contributed by atoms with Crippen LogP contribution in [0.1, 0.15) is 5.56 Å². The van der Waals surface area contributed by atoms with Crippen molar-refractivity contribution in [1.29, 1.82) is 0 Å². The Balaban J connectivity index is 2.33. The predicted molar refractivity (Wildman–Crippen MR) is 83.4 cm³/mol. The lowest BCUT2D eigenvalue weighted by molar-refractivity contribution is 0.588. The molecule has 0 fully saturated rings. The SMILES string of the molecule is Cc1ccccc1S(=O)(=O)n1ccc2c(F)cc(Br)cc21. The lowest BCUT2D eigenvalue weighted by atomic mass is 10.2. The molecule has 108 valence electrons. The fraction of sp³-hybridized carbons (Fsp3) is 0.0667. The van der Waals surface area contributed by atoms with E-state index in [0.717, 1.165) is 3.97 Å². The van der Waals surface area contributed by atoms with Gasteiger partial charge in [-0.3, -0.25) is 0 Å². The molecule has 21 heavy (non-hydrogen) atoms. The first kappa shape index (κ1) is 14.3. The van der Waals surface area contributed by atoms with E-state index in [0.29, 0.717) is 15.6 Å². The zero-order valence-corrected chi connectivity index (χ0v) is 13.4. The van der Waals surface area contributed by atoms with Crippen LogP contribution >= 0.6 is 15.9 Å². The molecule has 0 aliphatic carbocycles. The Bertz CT molecular complexity index is 947. The summed E-state index contributed by atoms with van der Waals surface area (Å²) in [6.45, 7) is 1.73. The Morgan fingerprint density at radius 2 is 1.86 bits per heavy atom. The van der Waals surface area contributed by atoms with Gasteiger partial charge in [-0.1, -0.05) is 34.1 Å². The second-order valence-corrected chi connectivity index (χ2v) is 7.40. The van der Waals surface area contributed by atoms with Crippen molar-refractivity contribution in [2.24, 2.45) is 0 Å². The van der Waals surface area contributed by atoms with Gasteiger partial charge in [-0.2, -0.15) is 0 Å². The molecule has 0 saturated carbocycles. The zero-order chi connectivity index (χ0) is 15.2. The summed E-state index contributed by atoms with van der Waals surface area (Å²) in [4.78, 5) is 0.211. The van der Waals surface area contributed by atoms with E-state index in [1.807, 2.05) is 0 Å². The highest BCUT2D eigenvalue weighted by molar-refractivity contribution is 9.10. The van der Waals surface area contributed by atoms with Crippen LogP contribution in [0.4, 0.5) is 4.39 Å². The number of hydrogen-bond acceptors (Lipinski definition) is 2. The second-order valence-electron chi connectivity index (χ2n) is 4.70. The van der Waals surface area contributed by atoms with Crippen LogP contribution in [0.2, 0.25) is 0 Å². The van der Waals surface area contributed by atoms with Gasteiger partial charge >= 0.3 is 0 Å². The van der Waals surface area contributed by atoms with Gasteiger partial charge in [-0.05, 0) is 36.8 Å². The monoisotopic (exact) mass is 367 g/mol. The van der Waals surface area contributed by atoms with Crippen LogP contribution in [0.3, 0.4) is 0 Å². The second kappa shape index (κ2) is 4.96. The lowest BCUT2D eigenvalue weighted by Crippen LogP contribution is -2.13. The standard InChI is InChI=1S/C15H11BrFNO2S/c1-10-4-2-3-5-15(10)21(19,20)18-7-6-12-13(17)8-11(16)9-14(12)18/h2-9H,1H3. The summed E-state index contributed by atoms with van der Waals surface area (Å²) < 4.78 is 41.0. The normalized spacial score (nSPS) is 12.0. The molecule has 0 radical (unpaired) electrons. The van der Waals surface area contributed by atoms with E-state index in [4.69, 9.17) is 0 Å². The van der Waals surface area contributed by atoms with Gasteiger partial charge in [0.1, 0.15) is 5.82 Å². The minimum Gasteiger partial charge on any atom is -0.241 e. The third-order valence-electron chi connectivity index (χ3n) is 3.32. The van der Waals surface area contributed by atoms with Gasteiger partial charge in [-0.15, -0.1) is 0 Å². The first-order chi connectivity index (χ1) is 9.91. The predicted octanol–water partition coefficient (Wildman–Crippen LogP) is 4.09. The first-order valence-corrected chi connectivity index (χ1v) is 8.42. The summed E-state index contributed by atoms with van der Waals surface area (Å²) in [6.07, 6.45) is 1.38. The van der Waals surface area contributed by atoms with E-state index < -0.39 is 15.8 Å². The van der Waals surface area contributed by atoms with Crippen molar-refractivity contribution in [3.8, 4) is 0 Å². The van der Waals surface area contributed by atoms with Crippen molar-refractivity contribution in [2.75, 3.05) is 0 Å². The molecule has 1 aromatic heterocycles. The van der Waals surface area contributed by atoms with Gasteiger partial charge in [-0.25, -0.2) is 16.8 Å². The molecule has 0 amide bonds. The number of rotatable bonds is 2. The molecule has 3 aromatic rings. The minimum absolute atomic E-state index is 0.211. The smallest absolute Gasteiger partial charge is 0.241 e. The Hall–Kier alpha value is -1.66. The maximum absolute atomic E-state index is 13.9. The van der Waals surface area contributed by atoms with Gasteiger partial charge < -0.3 is 0 Å². The molecule has 1 heterocycles. The molecule has 0 atom stereocenters. The van der Waals surface area contributed by atoms with Gasteiger partial charge in [0.2, 0.25) is 0 Å². The van der Waals surface area contributed by atoms with Gasteiger partial charge in [0, 0.05) is 16.1 Å². The molecule has 0 aliphatic heterocycles. The van der Waals surface area contributed by atoms with Crippen LogP contribution in [-0.2, 0) is 10.0 Å². The Morgan fingerprint density at radius 1 is 1.14 bits per heavy atom. The molecule has 0 saturated heterocycles. The molecular weight excluding hydrogens is 357 g/mol. The maximum Gasteiger partial charge on any atom is 0.268 e. The third kappa shape index (κ3) is 2.28. The van der Waals surface area contributed by atoms with Crippen molar-refractivity contribution >= 4 is 36.9 Å². The minimum atomic E-state index is -3.76. The number of halogens is 2. The van der Waals surface area contributed by atoms with Gasteiger partial charge in [0.25, 0.3) is 10.0 Å². The van der Waals surface area contributed by atoms with Crippen molar-refractivity contribution in [2.45, 2.75) is 11.8 Å². The molecule has 0 unspecified atom stereocenters. The Morgan fingerprint density at radius 3 is 2.57 bits per heavy atom. The highest BCUT2D eigenvalue weighted by atomic mass is 79.9. The number of aryl methyl sites for hydroxylation is 1. The Labute approximate surface area is 130 Å². The van der Waals surface area contributed by atoms with E-state index in [-0.39, 0.29) is 10.3 Å². The zero-order valence-electron chi connectivity index (χ0n) is 11.0. The van der Waals surface area contributed by atoms with Crippen LogP contribution in [0.25, 0.3) is 10.9 Å². The summed E-state index contributed by atoms with van der Waals surface area (Å²) >= 11 is 3.19. The first-order valence-electron chi connectivity index (χ1n) is 6.18. The van der Waals surface area contributed by atoms with Crippen LogP contribution < -0.4 is 0 Å². The number of benzene rings is 2. The van der Waals surface area contributed by atoms with E-state index in [9.17, 15) is 12.8 Å². The molecule has 0 bridgehead atoms. The average Bonchev–Trinajstić information content (AvgIpc) is 2.83. The summed E-state index contributed by atoms with van der Waals surface area (Å²) in [6, 6.07) is 11.1. The van der Waals surface area contributed by atoms with E-state index in [2.05, 4.69) is 15.9 Å². The van der Waals surface area contributed by atoms with Crippen LogP contribution in [-0.4, -0.2) is 12.4 Å². The van der Waals surface area contributed by atoms with Gasteiger partial charge in [0.15, 0.2) is 0 Å². The molecule has 6 heteroatoms. The fourth-order valence-corrected chi connectivity index (χ4v) is 4.29. The highest BCUT2D eigenvalue weighted by Gasteiger charge is 2.21. The summed E-state index contributed by atoms with van der Waals surface area (Å²) in [7, 11) is -3.76. The number of nitrogens with zero attached hydrogens (tertiary/aromatic N) is 1. The van der Waals surface area contributed by atoms with E-state index in [1.165, 1.54) is 18.3 Å². The molecule has 0 spiro atoms. The molecular formula is C15H11BrFNO2S. The summed E-state index contributed by atoms with van der Waals surface area (Å²) in [5.41, 5.74) is 0.958. The van der Waals surface area contributed by atoms with Crippen molar-refractivity contribution < 1.29 is 12.8 Å². The third-order valence-corrected chi connectivity index (χ3v) is 5.62. The Kier molecular flexibility index (Phi) is 3.37. The molecule has 2 aromatic carbocycles. The quantitative estimate of drug-likeness (QED) is 0.684. The molecule has 3 rings (SSSR count). The topological polar surface area (TPSA) is 39.1 Å². The molecule has 0 N–H and O–H groups in total. The maximum atomic E-state index is 13.9. The van der Waals surface area contributed by atoms with E-state index >= 15 is 0 Å². The van der Waals surface area contributed by atoms with Crippen molar-refractivity contribution in [3.63, 3.8) is 0 Å². The number of hydrogen-bond donors (Lipinski definition) is 0. The summed E-state index contributed by atoms with van der Waals surface area (Å²) in [5.74, 6) is -0.460. The highest BCUT2D eigenvalue weighted by Crippen LogP contribution is 2.28. The fourth-order valence-electron chi connectivity index (χ4n) is 2.30. The van der Waals surface area contributed by atoms with Crippen LogP contribution in [0, 0.1) is 12.7 Å². The average molecular weight is 368 g/mol. The lowest BCUT2D eigenvalue weighted by Gasteiger charge is -2.10. The van der Waals surface area contributed by atoms with E-state index in [1.54, 1.807) is 37.3 Å². The van der Waals surface area contributed by atoms with Gasteiger partial charge in [0.05, 0.1) is 10.4 Å². The summed E-state index contributed by atoms with van der Waals surface area (Å²) in [5, 5.41) is 0.273. The number of fused-ring (bicyclic) bond motifs is 1. The van der Waals surface area contributed by atoms with Crippen LogP contribution in [0.15, 0.2) is 58.0 Å². The molecule has 0 aliphatic rings. The molecule has 3 nitrogen and oxygen atoms in total. The number of aromatic nitrogens is 1. The van der Waals surface area contributed by atoms with Crippen molar-refractivity contribution in [3.05, 3.63) is 64.5 Å². The van der Waals surface area contributed by atoms with Crippen LogP contribution in [0.5, 0.6) is 0 Å².